The number of carbonyl (C=O) groups excluding carboxylic acids is 6. The molecule has 2 unspecified atom stereocenters. The lowest BCUT2D eigenvalue weighted by Gasteiger charge is -2.39. The molecule has 0 bridgehead atoms. The van der Waals surface area contributed by atoms with Crippen molar-refractivity contribution in [3.8, 4) is 46.0 Å². The van der Waals surface area contributed by atoms with Gasteiger partial charge in [-0.3, -0.25) is 48.4 Å². The third-order valence-corrected chi connectivity index (χ3v) is 21.6. The van der Waals surface area contributed by atoms with Gasteiger partial charge < -0.3 is 18.9 Å². The van der Waals surface area contributed by atoms with Gasteiger partial charge in [0.1, 0.15) is 58.1 Å². The fourth-order valence-corrected chi connectivity index (χ4v) is 15.7. The number of amides is 6. The molecule has 0 N–H and O–H groups in total. The normalized spacial score (nSPS) is 13.9. The minimum Gasteiger partial charge on any atom is -0.457 e. The van der Waals surface area contributed by atoms with Gasteiger partial charge >= 0.3 is 0 Å². The van der Waals surface area contributed by atoms with E-state index in [-0.39, 0.29) is 77.7 Å². The number of imide groups is 2. The zero-order valence-electron chi connectivity index (χ0n) is 66.3. The van der Waals surface area contributed by atoms with Gasteiger partial charge in [-0.1, -0.05) is 232 Å². The third-order valence-electron chi connectivity index (χ3n) is 21.6. The fraction of sp³-hybridized carbons (Fsp3) is 0.245. The van der Waals surface area contributed by atoms with E-state index in [1.807, 2.05) is 246 Å². The molecule has 14 nitrogen and oxygen atoms in total. The molecule has 0 aromatic heterocycles. The van der Waals surface area contributed by atoms with Gasteiger partial charge in [-0.05, 0) is 177 Å². The van der Waals surface area contributed by atoms with Crippen molar-refractivity contribution < 1.29 is 47.7 Å². The van der Waals surface area contributed by atoms with Gasteiger partial charge in [0, 0.05) is 65.8 Å². The van der Waals surface area contributed by atoms with Crippen LogP contribution in [-0.2, 0) is 31.2 Å². The molecule has 2 aliphatic heterocycles. The van der Waals surface area contributed by atoms with Crippen LogP contribution in [0.15, 0.2) is 243 Å². The molecule has 0 fully saturated rings. The highest BCUT2D eigenvalue weighted by Crippen LogP contribution is 2.59. The molecule has 564 valence electrons. The molecule has 13 aromatic carbocycles. The Morgan fingerprint density at radius 3 is 0.652 bits per heavy atom. The van der Waals surface area contributed by atoms with Gasteiger partial charge in [0.25, 0.3) is 35.4 Å². The second-order valence-electron chi connectivity index (χ2n) is 34.2. The third kappa shape index (κ3) is 13.5. The zero-order chi connectivity index (χ0) is 79.4. The second kappa shape index (κ2) is 28.5. The Labute approximate surface area is 654 Å². The molecule has 13 aromatic rings. The summed E-state index contributed by atoms with van der Waals surface area (Å²) < 4.78 is 29.8. The van der Waals surface area contributed by atoms with Crippen LogP contribution in [0, 0.1) is 11.8 Å². The molecular formula is C98H92N4O10. The minimum absolute atomic E-state index is 0.0291. The first-order chi connectivity index (χ1) is 53.3. The van der Waals surface area contributed by atoms with Gasteiger partial charge in [-0.25, -0.2) is 0 Å². The first-order valence-corrected chi connectivity index (χ1v) is 38.4. The van der Waals surface area contributed by atoms with Crippen molar-refractivity contribution in [2.75, 3.05) is 9.80 Å². The summed E-state index contributed by atoms with van der Waals surface area (Å²) in [7, 11) is 0. The molecule has 0 saturated carbocycles. The number of nitrogens with zero attached hydrogens (tertiary/aromatic N) is 4. The fourth-order valence-electron chi connectivity index (χ4n) is 15.7. The van der Waals surface area contributed by atoms with Crippen molar-refractivity contribution in [3.05, 3.63) is 287 Å². The highest BCUT2D eigenvalue weighted by atomic mass is 16.5. The van der Waals surface area contributed by atoms with E-state index in [1.165, 1.54) is 0 Å². The molecule has 2 aliphatic rings. The van der Waals surface area contributed by atoms with Crippen molar-refractivity contribution in [2.24, 2.45) is 11.8 Å². The molecule has 15 rings (SSSR count). The first kappa shape index (κ1) is 75.0. The van der Waals surface area contributed by atoms with E-state index < -0.39 is 59.4 Å². The number of para-hydroxylation sites is 4. The van der Waals surface area contributed by atoms with Crippen LogP contribution in [-0.4, -0.2) is 57.3 Å². The topological polar surface area (TPSA) is 152 Å². The monoisotopic (exact) mass is 1480 g/mol. The molecular weight excluding hydrogens is 1390 g/mol. The van der Waals surface area contributed by atoms with Crippen LogP contribution in [0.4, 0.5) is 22.7 Å². The summed E-state index contributed by atoms with van der Waals surface area (Å²) in [5, 5.41) is 2.27. The SMILES string of the molecule is CC(C)C(C(=O)N(c1ccccc1)c1ccccc1)N1C(=O)c2cc(Oc3ccc(C(C)(C)C)cc3)c3c4c(Oc5ccc(C(C)(C)C)cc5)cc5c6c(cc(Oc7ccc(C(C)(C)C)cc7)c(c7c(Oc8ccc(C(C)(C)C)cc8)cc(c2c37)C1=O)c64)C(=O)N(C(C(=O)N(c1ccccc1)c1ccccc1)C(C)C)C5=O. The van der Waals surface area contributed by atoms with Crippen LogP contribution in [0.25, 0.3) is 43.1 Å². The Hall–Kier alpha value is -12.4. The summed E-state index contributed by atoms with van der Waals surface area (Å²) in [5.74, 6) is -3.55. The lowest BCUT2D eigenvalue weighted by molar-refractivity contribution is -0.123. The summed E-state index contributed by atoms with van der Waals surface area (Å²) in [5.41, 5.74) is 5.22. The minimum atomic E-state index is -1.41. The van der Waals surface area contributed by atoms with Gasteiger partial charge in [-0.15, -0.1) is 0 Å². The second-order valence-corrected chi connectivity index (χ2v) is 34.2. The highest BCUT2D eigenvalue weighted by Gasteiger charge is 2.49. The maximum Gasteiger partial charge on any atom is 0.262 e. The van der Waals surface area contributed by atoms with E-state index in [0.29, 0.717) is 78.1 Å². The van der Waals surface area contributed by atoms with Crippen LogP contribution in [0.3, 0.4) is 0 Å². The van der Waals surface area contributed by atoms with E-state index in [0.717, 1.165) is 32.1 Å². The first-order valence-electron chi connectivity index (χ1n) is 38.4. The van der Waals surface area contributed by atoms with Crippen LogP contribution in [0.2, 0.25) is 0 Å². The smallest absolute Gasteiger partial charge is 0.262 e. The van der Waals surface area contributed by atoms with E-state index in [1.54, 1.807) is 34.1 Å². The number of benzene rings is 13. The predicted molar refractivity (Wildman–Crippen MR) is 447 cm³/mol. The molecule has 0 spiro atoms. The zero-order valence-corrected chi connectivity index (χ0v) is 66.3. The molecule has 2 heterocycles. The Balaban J connectivity index is 1.10. The number of fused-ring (bicyclic) bond motifs is 2. The maximum atomic E-state index is 16.9. The number of hydrogen-bond acceptors (Lipinski definition) is 10. The molecule has 0 aliphatic carbocycles. The lowest BCUT2D eigenvalue weighted by Crippen LogP contribution is -2.56. The molecule has 112 heavy (non-hydrogen) atoms. The molecule has 6 amide bonds. The van der Waals surface area contributed by atoms with Gasteiger partial charge in [0.15, 0.2) is 0 Å². The number of carbonyl (C=O) groups is 6. The molecule has 2 atom stereocenters. The van der Waals surface area contributed by atoms with Crippen LogP contribution in [0.1, 0.15) is 174 Å². The van der Waals surface area contributed by atoms with Crippen LogP contribution >= 0.6 is 0 Å². The Bertz CT molecular complexity index is 5170. The number of ether oxygens (including phenoxy) is 4. The molecule has 14 heteroatoms. The quantitative estimate of drug-likeness (QED) is 0.0461. The summed E-state index contributed by atoms with van der Waals surface area (Å²) in [6.45, 7) is 32.8. The Morgan fingerprint density at radius 1 is 0.277 bits per heavy atom. The van der Waals surface area contributed by atoms with Crippen LogP contribution < -0.4 is 28.7 Å². The van der Waals surface area contributed by atoms with Gasteiger partial charge in [0.05, 0.1) is 22.3 Å². The standard InChI is InChI=1S/C98H92N4O10/c1-57(2)87(93(107)99(63-29-21-17-22-30-63)64-31-23-18-24-32-64)101-89(103)71-53-75(109-67-45-37-59(38-46-67)95(5,6)7)81-83-77(111-69-49-41-61(42-50-69)97(11,12)13)55-73-80-74(92(106)102(91(73)105)88(58(3)4)94(108)100(65-33-25-19-26-34-65)66-35-27-20-28-36-66)56-78(112-70-51-43-62(44-52-70)98(14,15)16)84(86(80)83)82-76(54-72(90(101)104)79(71)85(81)82)110-68-47-39-60(40-48-68)96(8,9)10/h17-58,87-88H,1-16H3. The maximum absolute atomic E-state index is 16.9. The van der Waals surface area contributed by atoms with E-state index in [9.17, 15) is 0 Å². The van der Waals surface area contributed by atoms with E-state index in [4.69, 9.17) is 18.9 Å². The van der Waals surface area contributed by atoms with Gasteiger partial charge in [0.2, 0.25) is 0 Å². The van der Waals surface area contributed by atoms with E-state index in [2.05, 4.69) is 83.1 Å². The van der Waals surface area contributed by atoms with Crippen molar-refractivity contribution in [2.45, 2.75) is 145 Å². The highest BCUT2D eigenvalue weighted by molar-refractivity contribution is 6.45. The Kier molecular flexibility index (Phi) is 19.1. The Morgan fingerprint density at radius 2 is 0.473 bits per heavy atom. The number of rotatable bonds is 18. The average Bonchev–Trinajstić information content (AvgIpc) is 0.669. The lowest BCUT2D eigenvalue weighted by atomic mass is 9.80. The van der Waals surface area contributed by atoms with Crippen molar-refractivity contribution >= 4 is 101 Å². The van der Waals surface area contributed by atoms with Gasteiger partial charge in [-0.2, -0.15) is 0 Å². The van der Waals surface area contributed by atoms with Crippen molar-refractivity contribution in [3.63, 3.8) is 0 Å². The largest absolute Gasteiger partial charge is 0.457 e. The summed E-state index contributed by atoms with van der Waals surface area (Å²) >= 11 is 0. The molecule has 0 radical (unpaired) electrons. The summed E-state index contributed by atoms with van der Waals surface area (Å²) in [4.78, 5) is 105. The van der Waals surface area contributed by atoms with Crippen molar-refractivity contribution in [1.29, 1.82) is 0 Å². The molecule has 0 saturated heterocycles. The van der Waals surface area contributed by atoms with Crippen molar-refractivity contribution in [1.82, 2.24) is 9.80 Å². The summed E-state index contributed by atoms with van der Waals surface area (Å²) in [6, 6.07) is 71.3. The number of hydrogen-bond donors (Lipinski definition) is 0. The number of anilines is 4. The summed E-state index contributed by atoms with van der Waals surface area (Å²) in [6.07, 6.45) is 0. The predicted octanol–water partition coefficient (Wildman–Crippen LogP) is 24.1. The average molecular weight is 1490 g/mol. The van der Waals surface area contributed by atoms with Crippen LogP contribution in [0.5, 0.6) is 46.0 Å². The van der Waals surface area contributed by atoms with E-state index >= 15 is 28.8 Å².